The van der Waals surface area contributed by atoms with E-state index in [1.165, 1.54) is 38.5 Å². The number of rotatable bonds is 4. The fourth-order valence-corrected chi connectivity index (χ4v) is 2.83. The molecular formula is C13H25NO. The fraction of sp³-hybridized carbons (Fsp3) is 1.00. The average Bonchev–Trinajstić information content (AvgIpc) is 2.99. The van der Waals surface area contributed by atoms with Crippen LogP contribution in [0.4, 0.5) is 0 Å². The van der Waals surface area contributed by atoms with Crippen molar-refractivity contribution in [1.82, 2.24) is 5.32 Å². The van der Waals surface area contributed by atoms with Crippen LogP contribution in [0.2, 0.25) is 0 Å². The molecule has 2 saturated carbocycles. The third kappa shape index (κ3) is 3.18. The molecule has 2 unspecified atom stereocenters. The molecule has 0 spiro atoms. The zero-order valence-electron chi connectivity index (χ0n) is 9.97. The largest absolute Gasteiger partial charge is 0.389 e. The second kappa shape index (κ2) is 4.84. The van der Waals surface area contributed by atoms with Crippen LogP contribution in [0.25, 0.3) is 0 Å². The summed E-state index contributed by atoms with van der Waals surface area (Å²) < 4.78 is 0. The van der Waals surface area contributed by atoms with Gasteiger partial charge in [-0.3, -0.25) is 0 Å². The Balaban J connectivity index is 1.72. The van der Waals surface area contributed by atoms with Crippen molar-refractivity contribution in [2.45, 2.75) is 69.9 Å². The van der Waals surface area contributed by atoms with Crippen LogP contribution in [0.3, 0.4) is 0 Å². The maximum absolute atomic E-state index is 10.4. The van der Waals surface area contributed by atoms with E-state index in [0.29, 0.717) is 6.04 Å². The molecule has 0 saturated heterocycles. The normalized spacial score (nSPS) is 34.8. The summed E-state index contributed by atoms with van der Waals surface area (Å²) in [6.45, 7) is 3.08. The van der Waals surface area contributed by atoms with Crippen molar-refractivity contribution in [2.75, 3.05) is 6.54 Å². The van der Waals surface area contributed by atoms with Crippen molar-refractivity contribution in [1.29, 1.82) is 0 Å². The molecule has 2 N–H and O–H groups in total. The number of hydrogen-bond acceptors (Lipinski definition) is 2. The molecule has 2 atom stereocenters. The molecule has 0 bridgehead atoms. The Morgan fingerprint density at radius 2 is 1.87 bits per heavy atom. The molecule has 0 heterocycles. The first-order valence-corrected chi connectivity index (χ1v) is 6.69. The predicted molar refractivity (Wildman–Crippen MR) is 62.8 cm³/mol. The molecule has 15 heavy (non-hydrogen) atoms. The quantitative estimate of drug-likeness (QED) is 0.700. The van der Waals surface area contributed by atoms with Crippen LogP contribution in [-0.2, 0) is 0 Å². The van der Waals surface area contributed by atoms with Gasteiger partial charge in [0.05, 0.1) is 5.60 Å². The molecule has 2 aliphatic rings. The molecule has 0 aromatic rings. The SMILES string of the molecule is CCC1CC1NCC1(O)CCCCCC1. The van der Waals surface area contributed by atoms with Crippen LogP contribution < -0.4 is 5.32 Å². The number of nitrogens with one attached hydrogen (secondary N) is 1. The van der Waals surface area contributed by atoms with Crippen molar-refractivity contribution in [2.24, 2.45) is 5.92 Å². The average molecular weight is 211 g/mol. The Morgan fingerprint density at radius 1 is 1.20 bits per heavy atom. The highest BCUT2D eigenvalue weighted by atomic mass is 16.3. The number of aliphatic hydroxyl groups is 1. The Kier molecular flexibility index (Phi) is 3.68. The summed E-state index contributed by atoms with van der Waals surface area (Å²) in [5, 5.41) is 14.0. The highest BCUT2D eigenvalue weighted by molar-refractivity contribution is 4.94. The standard InChI is InChI=1S/C13H25NO/c1-2-11-9-12(11)14-10-13(15)7-5-3-4-6-8-13/h11-12,14-15H,2-10H2,1H3. The second-order valence-electron chi connectivity index (χ2n) is 5.53. The van der Waals surface area contributed by atoms with Crippen molar-refractivity contribution in [3.05, 3.63) is 0 Å². The highest BCUT2D eigenvalue weighted by Gasteiger charge is 2.37. The van der Waals surface area contributed by atoms with Gasteiger partial charge in [0.1, 0.15) is 0 Å². The van der Waals surface area contributed by atoms with Crippen molar-refractivity contribution >= 4 is 0 Å². The van der Waals surface area contributed by atoms with Gasteiger partial charge >= 0.3 is 0 Å². The molecule has 0 aromatic heterocycles. The smallest absolute Gasteiger partial charge is 0.0771 e. The van der Waals surface area contributed by atoms with E-state index < -0.39 is 5.60 Å². The van der Waals surface area contributed by atoms with Crippen LogP contribution in [0.15, 0.2) is 0 Å². The first-order valence-electron chi connectivity index (χ1n) is 6.69. The summed E-state index contributed by atoms with van der Waals surface area (Å²) in [5.74, 6) is 0.888. The lowest BCUT2D eigenvalue weighted by molar-refractivity contribution is 0.0247. The fourth-order valence-electron chi connectivity index (χ4n) is 2.83. The van der Waals surface area contributed by atoms with Gasteiger partial charge in [-0.2, -0.15) is 0 Å². The molecule has 2 aliphatic carbocycles. The van der Waals surface area contributed by atoms with E-state index in [-0.39, 0.29) is 0 Å². The van der Waals surface area contributed by atoms with Crippen LogP contribution >= 0.6 is 0 Å². The van der Waals surface area contributed by atoms with E-state index in [0.717, 1.165) is 25.3 Å². The van der Waals surface area contributed by atoms with E-state index in [4.69, 9.17) is 0 Å². The zero-order chi connectivity index (χ0) is 10.7. The maximum atomic E-state index is 10.4. The highest BCUT2D eigenvalue weighted by Crippen LogP contribution is 2.34. The van der Waals surface area contributed by atoms with Gasteiger partial charge in [0.25, 0.3) is 0 Å². The molecule has 0 aliphatic heterocycles. The van der Waals surface area contributed by atoms with Gasteiger partial charge in [-0.25, -0.2) is 0 Å². The minimum absolute atomic E-state index is 0.391. The van der Waals surface area contributed by atoms with Gasteiger partial charge in [0.2, 0.25) is 0 Å². The molecule has 2 fully saturated rings. The second-order valence-corrected chi connectivity index (χ2v) is 5.53. The molecular weight excluding hydrogens is 186 g/mol. The Morgan fingerprint density at radius 3 is 2.40 bits per heavy atom. The minimum Gasteiger partial charge on any atom is -0.389 e. The predicted octanol–water partition coefficient (Wildman–Crippen LogP) is 2.46. The molecule has 2 heteroatoms. The number of hydrogen-bond donors (Lipinski definition) is 2. The van der Waals surface area contributed by atoms with Gasteiger partial charge in [0, 0.05) is 12.6 Å². The lowest BCUT2D eigenvalue weighted by Crippen LogP contribution is -2.41. The molecule has 0 amide bonds. The van der Waals surface area contributed by atoms with E-state index in [1.54, 1.807) is 0 Å². The van der Waals surface area contributed by atoms with E-state index in [1.807, 2.05) is 0 Å². The van der Waals surface area contributed by atoms with Gasteiger partial charge in [-0.15, -0.1) is 0 Å². The maximum Gasteiger partial charge on any atom is 0.0771 e. The molecule has 88 valence electrons. The van der Waals surface area contributed by atoms with Crippen LogP contribution in [0.5, 0.6) is 0 Å². The summed E-state index contributed by atoms with van der Waals surface area (Å²) in [4.78, 5) is 0. The summed E-state index contributed by atoms with van der Waals surface area (Å²) in [5.41, 5.74) is -0.391. The van der Waals surface area contributed by atoms with Gasteiger partial charge < -0.3 is 10.4 Å². The zero-order valence-corrected chi connectivity index (χ0v) is 9.97. The summed E-state index contributed by atoms with van der Waals surface area (Å²) >= 11 is 0. The summed E-state index contributed by atoms with van der Waals surface area (Å²) in [6.07, 6.45) is 9.66. The van der Waals surface area contributed by atoms with Crippen LogP contribution in [0.1, 0.15) is 58.3 Å². The van der Waals surface area contributed by atoms with E-state index >= 15 is 0 Å². The van der Waals surface area contributed by atoms with Gasteiger partial charge in [0.15, 0.2) is 0 Å². The van der Waals surface area contributed by atoms with Crippen molar-refractivity contribution < 1.29 is 5.11 Å². The summed E-state index contributed by atoms with van der Waals surface area (Å²) in [7, 11) is 0. The first-order chi connectivity index (χ1) is 7.23. The molecule has 0 radical (unpaired) electrons. The third-order valence-corrected chi connectivity index (χ3v) is 4.17. The van der Waals surface area contributed by atoms with Crippen LogP contribution in [-0.4, -0.2) is 23.3 Å². The first kappa shape index (κ1) is 11.4. The Bertz CT molecular complexity index is 197. The van der Waals surface area contributed by atoms with Crippen molar-refractivity contribution in [3.63, 3.8) is 0 Å². The lowest BCUT2D eigenvalue weighted by atomic mass is 9.94. The molecule has 2 rings (SSSR count). The minimum atomic E-state index is -0.391. The van der Waals surface area contributed by atoms with Crippen LogP contribution in [0, 0.1) is 5.92 Å². The van der Waals surface area contributed by atoms with Crippen molar-refractivity contribution in [3.8, 4) is 0 Å². The van der Waals surface area contributed by atoms with E-state index in [2.05, 4.69) is 12.2 Å². The Labute approximate surface area is 93.5 Å². The van der Waals surface area contributed by atoms with Gasteiger partial charge in [-0.1, -0.05) is 39.0 Å². The Hall–Kier alpha value is -0.0800. The van der Waals surface area contributed by atoms with Gasteiger partial charge in [-0.05, 0) is 25.2 Å². The summed E-state index contributed by atoms with van der Waals surface area (Å²) in [6, 6.07) is 0.710. The molecule has 0 aromatic carbocycles. The monoisotopic (exact) mass is 211 g/mol. The van der Waals surface area contributed by atoms with E-state index in [9.17, 15) is 5.11 Å². The lowest BCUT2D eigenvalue weighted by Gasteiger charge is -2.27. The topological polar surface area (TPSA) is 32.3 Å². The third-order valence-electron chi connectivity index (χ3n) is 4.17. The molecule has 2 nitrogen and oxygen atoms in total.